The third kappa shape index (κ3) is 4.68. The first-order valence-electron chi connectivity index (χ1n) is 9.08. The maximum atomic E-state index is 12.4. The number of nitrogens with one attached hydrogen (secondary N) is 1. The van der Waals surface area contributed by atoms with Gasteiger partial charge in [-0.05, 0) is 80.4 Å². The van der Waals surface area contributed by atoms with Crippen LogP contribution < -0.4 is 14.8 Å². The number of rotatable bonds is 7. The molecule has 7 heteroatoms. The first kappa shape index (κ1) is 19.4. The van der Waals surface area contributed by atoms with Crippen molar-refractivity contribution in [2.24, 2.45) is 0 Å². The summed E-state index contributed by atoms with van der Waals surface area (Å²) in [6.45, 7) is 8.20. The number of hydrogen-bond donors (Lipinski definition) is 1. The predicted molar refractivity (Wildman–Crippen MR) is 106 cm³/mol. The molecule has 0 aliphatic heterocycles. The highest BCUT2D eigenvalue weighted by Crippen LogP contribution is 2.22. The summed E-state index contributed by atoms with van der Waals surface area (Å²) < 4.78 is 16.3. The summed E-state index contributed by atoms with van der Waals surface area (Å²) in [5.41, 5.74) is 3.00. The second-order valence-corrected chi connectivity index (χ2v) is 6.38. The van der Waals surface area contributed by atoms with Gasteiger partial charge in [-0.3, -0.25) is 10.1 Å². The van der Waals surface area contributed by atoms with E-state index in [2.05, 4.69) is 15.5 Å². The second kappa shape index (κ2) is 8.56. The van der Waals surface area contributed by atoms with Gasteiger partial charge < -0.3 is 14.0 Å². The number of aryl methyl sites for hydroxylation is 2. The average Bonchev–Trinajstić information content (AvgIpc) is 3.14. The molecule has 1 N–H and O–H groups in total. The normalized spacial score (nSPS) is 11.7. The van der Waals surface area contributed by atoms with E-state index in [4.69, 9.17) is 14.0 Å². The molecule has 3 aromatic rings. The smallest absolute Gasteiger partial charge is 0.270 e. The minimum Gasteiger partial charge on any atom is -0.494 e. The largest absolute Gasteiger partial charge is 0.494 e. The summed E-state index contributed by atoms with van der Waals surface area (Å²) in [5, 5.41) is 6.41. The molecule has 0 bridgehead atoms. The molecule has 0 aliphatic carbocycles. The van der Waals surface area contributed by atoms with Gasteiger partial charge in [0.15, 0.2) is 6.10 Å². The lowest BCUT2D eigenvalue weighted by atomic mass is 10.1. The average molecular weight is 381 g/mol. The van der Waals surface area contributed by atoms with Gasteiger partial charge in [-0.25, -0.2) is 0 Å². The molecule has 0 fully saturated rings. The standard InChI is InChI=1S/C21H23N3O4/c1-5-26-17-10-7-16(8-11-17)20-23-21(24-28-20)22-19(25)15(4)27-18-9-6-13(2)14(3)12-18/h6-12,15H,5H2,1-4H3,(H,22,24,25). The molecule has 1 amide bonds. The molecule has 2 aromatic carbocycles. The van der Waals surface area contributed by atoms with Crippen LogP contribution >= 0.6 is 0 Å². The number of hydrogen-bond acceptors (Lipinski definition) is 6. The molecule has 1 heterocycles. The van der Waals surface area contributed by atoms with Crippen LogP contribution in [0.5, 0.6) is 11.5 Å². The third-order valence-electron chi connectivity index (χ3n) is 4.23. The van der Waals surface area contributed by atoms with E-state index < -0.39 is 6.10 Å². The molecule has 0 saturated heterocycles. The van der Waals surface area contributed by atoms with Gasteiger partial charge in [0.05, 0.1) is 6.61 Å². The highest BCUT2D eigenvalue weighted by atomic mass is 16.5. The Bertz CT molecular complexity index is 951. The molecule has 1 atom stereocenters. The summed E-state index contributed by atoms with van der Waals surface area (Å²) in [4.78, 5) is 16.6. The van der Waals surface area contributed by atoms with E-state index in [-0.39, 0.29) is 11.9 Å². The quantitative estimate of drug-likeness (QED) is 0.661. The molecular weight excluding hydrogens is 358 g/mol. The van der Waals surface area contributed by atoms with Gasteiger partial charge in [0, 0.05) is 5.56 Å². The van der Waals surface area contributed by atoms with Crippen LogP contribution in [0.25, 0.3) is 11.5 Å². The lowest BCUT2D eigenvalue weighted by Gasteiger charge is -2.14. The number of aromatic nitrogens is 2. The SMILES string of the molecule is CCOc1ccc(-c2nc(NC(=O)C(C)Oc3ccc(C)c(C)c3)no2)cc1. The molecule has 3 rings (SSSR count). The van der Waals surface area contributed by atoms with E-state index in [0.717, 1.165) is 22.4 Å². The van der Waals surface area contributed by atoms with Crippen molar-refractivity contribution in [3.8, 4) is 23.0 Å². The van der Waals surface area contributed by atoms with Crippen LogP contribution in [0.2, 0.25) is 0 Å². The Morgan fingerprint density at radius 1 is 1.11 bits per heavy atom. The molecule has 0 saturated carbocycles. The maximum absolute atomic E-state index is 12.4. The van der Waals surface area contributed by atoms with Crippen molar-refractivity contribution in [2.75, 3.05) is 11.9 Å². The Hall–Kier alpha value is -3.35. The van der Waals surface area contributed by atoms with E-state index in [0.29, 0.717) is 18.2 Å². The van der Waals surface area contributed by atoms with Crippen LogP contribution in [0, 0.1) is 13.8 Å². The molecule has 1 aromatic heterocycles. The van der Waals surface area contributed by atoms with Crippen molar-refractivity contribution in [3.63, 3.8) is 0 Å². The molecule has 1 unspecified atom stereocenters. The zero-order valence-corrected chi connectivity index (χ0v) is 16.4. The summed E-state index contributed by atoms with van der Waals surface area (Å²) in [5.74, 6) is 1.42. The van der Waals surface area contributed by atoms with Gasteiger partial charge in [0.1, 0.15) is 11.5 Å². The van der Waals surface area contributed by atoms with Gasteiger partial charge in [0.2, 0.25) is 0 Å². The molecule has 0 spiro atoms. The van der Waals surface area contributed by atoms with Crippen molar-refractivity contribution < 1.29 is 18.8 Å². The first-order chi connectivity index (χ1) is 13.5. The minimum absolute atomic E-state index is 0.0874. The number of benzene rings is 2. The summed E-state index contributed by atoms with van der Waals surface area (Å²) >= 11 is 0. The fraction of sp³-hybridized carbons (Fsp3) is 0.286. The van der Waals surface area contributed by atoms with E-state index in [1.165, 1.54) is 0 Å². The zero-order chi connectivity index (χ0) is 20.1. The third-order valence-corrected chi connectivity index (χ3v) is 4.23. The predicted octanol–water partition coefficient (Wildman–Crippen LogP) is 4.16. The molecule has 28 heavy (non-hydrogen) atoms. The fourth-order valence-corrected chi connectivity index (χ4v) is 2.51. The van der Waals surface area contributed by atoms with E-state index in [1.807, 2.05) is 63.2 Å². The van der Waals surface area contributed by atoms with E-state index in [9.17, 15) is 4.79 Å². The van der Waals surface area contributed by atoms with Crippen LogP contribution in [0.4, 0.5) is 5.95 Å². The van der Waals surface area contributed by atoms with Crippen LogP contribution in [0.15, 0.2) is 47.0 Å². The molecule has 0 aliphatic rings. The highest BCUT2D eigenvalue weighted by Gasteiger charge is 2.18. The monoisotopic (exact) mass is 381 g/mol. The Kier molecular flexibility index (Phi) is 5.93. The number of anilines is 1. The van der Waals surface area contributed by atoms with Crippen LogP contribution in [0.1, 0.15) is 25.0 Å². The molecule has 0 radical (unpaired) electrons. The highest BCUT2D eigenvalue weighted by molar-refractivity contribution is 5.92. The Morgan fingerprint density at radius 3 is 2.50 bits per heavy atom. The van der Waals surface area contributed by atoms with Crippen molar-refractivity contribution in [1.82, 2.24) is 10.1 Å². The van der Waals surface area contributed by atoms with Gasteiger partial charge in [0.25, 0.3) is 17.7 Å². The minimum atomic E-state index is -0.713. The topological polar surface area (TPSA) is 86.5 Å². The summed E-state index contributed by atoms with van der Waals surface area (Å²) in [6.07, 6.45) is -0.713. The van der Waals surface area contributed by atoms with Crippen LogP contribution in [-0.4, -0.2) is 28.8 Å². The van der Waals surface area contributed by atoms with Crippen LogP contribution in [-0.2, 0) is 4.79 Å². The number of ether oxygens (including phenoxy) is 2. The Labute approximate surface area is 163 Å². The maximum Gasteiger partial charge on any atom is 0.270 e. The fourth-order valence-electron chi connectivity index (χ4n) is 2.51. The van der Waals surface area contributed by atoms with E-state index in [1.54, 1.807) is 6.92 Å². The van der Waals surface area contributed by atoms with Gasteiger partial charge >= 0.3 is 0 Å². The number of carbonyl (C=O) groups excluding carboxylic acids is 1. The number of amides is 1. The van der Waals surface area contributed by atoms with Gasteiger partial charge in [-0.2, -0.15) is 4.98 Å². The first-order valence-corrected chi connectivity index (χ1v) is 9.08. The Morgan fingerprint density at radius 2 is 1.82 bits per heavy atom. The lowest BCUT2D eigenvalue weighted by molar-refractivity contribution is -0.122. The Balaban J connectivity index is 1.61. The number of nitrogens with zero attached hydrogens (tertiary/aromatic N) is 2. The molecular formula is C21H23N3O4. The van der Waals surface area contributed by atoms with Gasteiger partial charge in [-0.15, -0.1) is 0 Å². The zero-order valence-electron chi connectivity index (χ0n) is 16.4. The number of carbonyl (C=O) groups is 1. The van der Waals surface area contributed by atoms with Crippen molar-refractivity contribution >= 4 is 11.9 Å². The lowest BCUT2D eigenvalue weighted by Crippen LogP contribution is -2.30. The molecule has 7 nitrogen and oxygen atoms in total. The van der Waals surface area contributed by atoms with Crippen LogP contribution in [0.3, 0.4) is 0 Å². The van der Waals surface area contributed by atoms with E-state index >= 15 is 0 Å². The summed E-state index contributed by atoms with van der Waals surface area (Å²) in [7, 11) is 0. The van der Waals surface area contributed by atoms with Crippen molar-refractivity contribution in [1.29, 1.82) is 0 Å². The summed E-state index contributed by atoms with van der Waals surface area (Å²) in [6, 6.07) is 13.0. The molecule has 146 valence electrons. The second-order valence-electron chi connectivity index (χ2n) is 6.38. The van der Waals surface area contributed by atoms with Crippen molar-refractivity contribution in [3.05, 3.63) is 53.6 Å². The van der Waals surface area contributed by atoms with Gasteiger partial charge in [-0.1, -0.05) is 6.07 Å². The van der Waals surface area contributed by atoms with Crippen molar-refractivity contribution in [2.45, 2.75) is 33.8 Å².